The average molecular weight is 218 g/mol. The molecule has 5 nitrogen and oxygen atoms in total. The maximum Gasteiger partial charge on any atom is 0.268 e. The van der Waals surface area contributed by atoms with Crippen molar-refractivity contribution in [3.05, 3.63) is 30.9 Å². The molecule has 14 heavy (non-hydrogen) atoms. The van der Waals surface area contributed by atoms with E-state index in [9.17, 15) is 8.42 Å². The summed E-state index contributed by atoms with van der Waals surface area (Å²) >= 11 is 0. The Bertz CT molecular complexity index is 367. The molecule has 0 saturated heterocycles. The molecule has 1 heterocycles. The fourth-order valence-electron chi connectivity index (χ4n) is 0.637. The third-order valence-corrected chi connectivity index (χ3v) is 1.92. The van der Waals surface area contributed by atoms with E-state index >= 15 is 0 Å². The number of nitrogens with zero attached hydrogens (tertiary/aromatic N) is 2. The van der Waals surface area contributed by atoms with Crippen molar-refractivity contribution < 1.29 is 13.0 Å². The highest BCUT2D eigenvalue weighted by molar-refractivity contribution is 7.85. The van der Waals surface area contributed by atoms with Gasteiger partial charge in [-0.2, -0.15) is 8.42 Å². The van der Waals surface area contributed by atoms with Gasteiger partial charge in [-0.25, -0.2) is 4.98 Å². The molecule has 0 aliphatic heterocycles. The molecule has 1 rings (SSSR count). The summed E-state index contributed by atoms with van der Waals surface area (Å²) < 4.78 is 29.9. The zero-order chi connectivity index (χ0) is 11.2. The molecule has 1 aromatic rings. The molecule has 0 fully saturated rings. The molecule has 80 valence electrons. The largest absolute Gasteiger partial charge is 0.341 e. The standard InChI is InChI=1S/C4H6N2.C4H8O3S/c1-6-3-2-5-4-6;1-4(2)3-8(5,6)7/h2-4H,1H3;1,3H2,2H3,(H,5,6,7). The third-order valence-electron chi connectivity index (χ3n) is 1.07. The van der Waals surface area contributed by atoms with Crippen LogP contribution in [0.3, 0.4) is 0 Å². The van der Waals surface area contributed by atoms with Gasteiger partial charge in [0, 0.05) is 19.4 Å². The minimum atomic E-state index is -3.82. The van der Waals surface area contributed by atoms with Crippen molar-refractivity contribution in [2.24, 2.45) is 7.05 Å². The first-order chi connectivity index (χ1) is 6.31. The van der Waals surface area contributed by atoms with Gasteiger partial charge in [0.25, 0.3) is 10.1 Å². The Hall–Kier alpha value is -1.14. The van der Waals surface area contributed by atoms with Crippen LogP contribution in [0.4, 0.5) is 0 Å². The van der Waals surface area contributed by atoms with Crippen LogP contribution in [-0.2, 0) is 17.2 Å². The van der Waals surface area contributed by atoms with Crippen LogP contribution >= 0.6 is 0 Å². The van der Waals surface area contributed by atoms with Gasteiger partial charge in [0.2, 0.25) is 0 Å². The number of rotatable bonds is 2. The van der Waals surface area contributed by atoms with E-state index in [1.165, 1.54) is 6.92 Å². The summed E-state index contributed by atoms with van der Waals surface area (Å²) in [5.41, 5.74) is 0.438. The minimum Gasteiger partial charge on any atom is -0.341 e. The summed E-state index contributed by atoms with van der Waals surface area (Å²) in [6.07, 6.45) is 5.39. The molecule has 1 N–H and O–H groups in total. The molecule has 0 aromatic carbocycles. The first-order valence-electron chi connectivity index (χ1n) is 3.83. The Kier molecular flexibility index (Phi) is 5.11. The molecular weight excluding hydrogens is 204 g/mol. The van der Waals surface area contributed by atoms with Gasteiger partial charge in [-0.3, -0.25) is 4.55 Å². The summed E-state index contributed by atoms with van der Waals surface area (Å²) in [6.45, 7) is 4.84. The molecule has 0 bridgehead atoms. The lowest BCUT2D eigenvalue weighted by atomic mass is 10.4. The highest BCUT2D eigenvalue weighted by Gasteiger charge is 2.01. The zero-order valence-electron chi connectivity index (χ0n) is 8.21. The SMILES string of the molecule is C=C(C)CS(=O)(=O)O.Cn1ccnc1. The van der Waals surface area contributed by atoms with Crippen molar-refractivity contribution in [1.82, 2.24) is 9.55 Å². The Morgan fingerprint density at radius 3 is 2.29 bits per heavy atom. The fraction of sp³-hybridized carbons (Fsp3) is 0.375. The minimum absolute atomic E-state index is 0.340. The molecule has 0 spiro atoms. The topological polar surface area (TPSA) is 72.2 Å². The molecule has 0 radical (unpaired) electrons. The number of hydrogen-bond donors (Lipinski definition) is 1. The van der Waals surface area contributed by atoms with E-state index < -0.39 is 10.1 Å². The van der Waals surface area contributed by atoms with E-state index in [1.54, 1.807) is 12.5 Å². The second kappa shape index (κ2) is 5.56. The molecule has 1 aromatic heterocycles. The monoisotopic (exact) mass is 218 g/mol. The first kappa shape index (κ1) is 12.9. The Balaban J connectivity index is 0.000000249. The van der Waals surface area contributed by atoms with Gasteiger partial charge >= 0.3 is 0 Å². The smallest absolute Gasteiger partial charge is 0.268 e. The quantitative estimate of drug-likeness (QED) is 0.590. The van der Waals surface area contributed by atoms with E-state index in [1.807, 2.05) is 17.8 Å². The van der Waals surface area contributed by atoms with E-state index in [4.69, 9.17) is 4.55 Å². The maximum atomic E-state index is 9.94. The van der Waals surface area contributed by atoms with Crippen molar-refractivity contribution in [1.29, 1.82) is 0 Å². The van der Waals surface area contributed by atoms with Crippen LogP contribution in [0.25, 0.3) is 0 Å². The van der Waals surface area contributed by atoms with Crippen LogP contribution in [0.5, 0.6) is 0 Å². The van der Waals surface area contributed by atoms with Gasteiger partial charge in [-0.15, -0.1) is 0 Å². The van der Waals surface area contributed by atoms with Gasteiger partial charge in [0.15, 0.2) is 0 Å². The van der Waals surface area contributed by atoms with Crippen molar-refractivity contribution in [3.8, 4) is 0 Å². The maximum absolute atomic E-state index is 9.94. The van der Waals surface area contributed by atoms with E-state index in [0.717, 1.165) is 0 Å². The van der Waals surface area contributed by atoms with Gasteiger partial charge in [-0.05, 0) is 6.92 Å². The third kappa shape index (κ3) is 8.95. The molecule has 0 amide bonds. The molecule has 0 atom stereocenters. The van der Waals surface area contributed by atoms with Gasteiger partial charge in [-0.1, -0.05) is 12.2 Å². The van der Waals surface area contributed by atoms with Crippen LogP contribution in [0.2, 0.25) is 0 Å². The lowest BCUT2D eigenvalue weighted by molar-refractivity contribution is 0.486. The molecule has 0 unspecified atom stereocenters. The van der Waals surface area contributed by atoms with E-state index in [0.29, 0.717) is 5.57 Å². The van der Waals surface area contributed by atoms with Crippen molar-refractivity contribution in [2.45, 2.75) is 6.92 Å². The number of imidazole rings is 1. The molecule has 0 aliphatic rings. The van der Waals surface area contributed by atoms with Gasteiger partial charge in [0.05, 0.1) is 12.1 Å². The zero-order valence-corrected chi connectivity index (χ0v) is 9.03. The predicted octanol–water partition coefficient (Wildman–Crippen LogP) is 0.870. The molecule has 6 heteroatoms. The van der Waals surface area contributed by atoms with Gasteiger partial charge < -0.3 is 4.57 Å². The fourth-order valence-corrected chi connectivity index (χ4v) is 1.26. The Morgan fingerprint density at radius 1 is 1.64 bits per heavy atom. The van der Waals surface area contributed by atoms with Crippen LogP contribution in [0.1, 0.15) is 6.92 Å². The molecule has 0 aliphatic carbocycles. The normalized spacial score (nSPS) is 10.2. The second-order valence-corrected chi connectivity index (χ2v) is 4.36. The summed E-state index contributed by atoms with van der Waals surface area (Å²) in [7, 11) is -1.89. The Morgan fingerprint density at radius 2 is 2.21 bits per heavy atom. The lowest BCUT2D eigenvalue weighted by Gasteiger charge is -1.90. The number of aryl methyl sites for hydroxylation is 1. The first-order valence-corrected chi connectivity index (χ1v) is 5.43. The summed E-state index contributed by atoms with van der Waals surface area (Å²) in [4.78, 5) is 3.78. The molecule has 0 saturated carbocycles. The van der Waals surface area contributed by atoms with E-state index in [-0.39, 0.29) is 5.75 Å². The number of aromatic nitrogens is 2. The van der Waals surface area contributed by atoms with Crippen molar-refractivity contribution in [3.63, 3.8) is 0 Å². The van der Waals surface area contributed by atoms with Crippen molar-refractivity contribution in [2.75, 3.05) is 5.75 Å². The van der Waals surface area contributed by atoms with Gasteiger partial charge in [0.1, 0.15) is 0 Å². The highest BCUT2D eigenvalue weighted by atomic mass is 32.2. The summed E-state index contributed by atoms with van der Waals surface area (Å²) in [6, 6.07) is 0. The van der Waals surface area contributed by atoms with Crippen LogP contribution in [-0.4, -0.2) is 28.3 Å². The average Bonchev–Trinajstić information content (AvgIpc) is 2.34. The van der Waals surface area contributed by atoms with Crippen LogP contribution in [0, 0.1) is 0 Å². The highest BCUT2D eigenvalue weighted by Crippen LogP contribution is 1.91. The predicted molar refractivity (Wildman–Crippen MR) is 54.4 cm³/mol. The summed E-state index contributed by atoms with van der Waals surface area (Å²) in [5, 5.41) is 0. The van der Waals surface area contributed by atoms with Crippen molar-refractivity contribution >= 4 is 10.1 Å². The number of hydrogen-bond acceptors (Lipinski definition) is 3. The summed E-state index contributed by atoms with van der Waals surface area (Å²) in [5.74, 6) is -0.340. The second-order valence-electron chi connectivity index (χ2n) is 2.91. The Labute approximate surface area is 83.8 Å². The lowest BCUT2D eigenvalue weighted by Crippen LogP contribution is -2.03. The van der Waals surface area contributed by atoms with Crippen LogP contribution < -0.4 is 0 Å². The molecular formula is C8H14N2O3S. The van der Waals surface area contributed by atoms with Crippen LogP contribution in [0.15, 0.2) is 30.9 Å². The van der Waals surface area contributed by atoms with E-state index in [2.05, 4.69) is 11.6 Å².